The molecule has 216 valence electrons. The summed E-state index contributed by atoms with van der Waals surface area (Å²) in [6.07, 6.45) is 2.16. The molecule has 3 fully saturated rings. The van der Waals surface area contributed by atoms with Crippen molar-refractivity contribution in [1.82, 2.24) is 10.2 Å². The fourth-order valence-electron chi connectivity index (χ4n) is 7.03. The van der Waals surface area contributed by atoms with Gasteiger partial charge in [-0.2, -0.15) is 0 Å². The SMILES string of the molecule is CCOc1ccc(NC(=O)[C@@H]2[C@H]3C(=O)N([C@@H](CO)CC(C)C)C(C(=O)NC(C)(C)C)C34CC[C@@]2(CC)O4)cc1. The van der Waals surface area contributed by atoms with Crippen molar-refractivity contribution >= 4 is 23.4 Å². The molecule has 6 atom stereocenters. The molecular formula is C30H45N3O6. The smallest absolute Gasteiger partial charge is 0.246 e. The fourth-order valence-corrected chi connectivity index (χ4v) is 7.03. The molecule has 3 N–H and O–H groups in total. The summed E-state index contributed by atoms with van der Waals surface area (Å²) in [5.74, 6) is -1.56. The molecule has 4 rings (SSSR count). The highest BCUT2D eigenvalue weighted by Crippen LogP contribution is 2.64. The third-order valence-electron chi connectivity index (χ3n) is 8.43. The van der Waals surface area contributed by atoms with Gasteiger partial charge < -0.3 is 30.1 Å². The van der Waals surface area contributed by atoms with Crippen molar-refractivity contribution < 1.29 is 29.0 Å². The molecule has 1 aromatic carbocycles. The van der Waals surface area contributed by atoms with Crippen molar-refractivity contribution in [2.75, 3.05) is 18.5 Å². The van der Waals surface area contributed by atoms with Gasteiger partial charge in [0.05, 0.1) is 36.7 Å². The third-order valence-corrected chi connectivity index (χ3v) is 8.43. The van der Waals surface area contributed by atoms with Gasteiger partial charge >= 0.3 is 0 Å². The molecule has 2 unspecified atom stereocenters. The van der Waals surface area contributed by atoms with Gasteiger partial charge in [-0.3, -0.25) is 14.4 Å². The van der Waals surface area contributed by atoms with Crippen molar-refractivity contribution in [1.29, 1.82) is 0 Å². The van der Waals surface area contributed by atoms with Crippen LogP contribution in [0.3, 0.4) is 0 Å². The van der Waals surface area contributed by atoms with E-state index in [1.807, 2.05) is 48.5 Å². The Hall–Kier alpha value is -2.65. The molecule has 0 aromatic heterocycles. The first-order chi connectivity index (χ1) is 18.3. The molecule has 39 heavy (non-hydrogen) atoms. The average Bonchev–Trinajstić information content (AvgIpc) is 3.46. The third kappa shape index (κ3) is 5.15. The number of likely N-dealkylation sites (tertiary alicyclic amines) is 1. The van der Waals surface area contributed by atoms with Crippen LogP contribution in [0.15, 0.2) is 24.3 Å². The van der Waals surface area contributed by atoms with Crippen molar-refractivity contribution in [3.8, 4) is 5.75 Å². The lowest BCUT2D eigenvalue weighted by Gasteiger charge is -2.39. The number of aliphatic hydroxyl groups is 1. The van der Waals surface area contributed by atoms with E-state index in [-0.39, 0.29) is 30.2 Å². The summed E-state index contributed by atoms with van der Waals surface area (Å²) < 4.78 is 12.3. The molecule has 9 heteroatoms. The Morgan fingerprint density at radius 3 is 2.36 bits per heavy atom. The van der Waals surface area contributed by atoms with E-state index in [4.69, 9.17) is 9.47 Å². The van der Waals surface area contributed by atoms with Crippen LogP contribution in [-0.4, -0.2) is 69.8 Å². The molecule has 3 amide bonds. The van der Waals surface area contributed by atoms with E-state index in [2.05, 4.69) is 10.6 Å². The zero-order valence-electron chi connectivity index (χ0n) is 24.4. The maximum absolute atomic E-state index is 14.3. The zero-order valence-corrected chi connectivity index (χ0v) is 24.4. The molecule has 1 spiro atoms. The number of hydrogen-bond donors (Lipinski definition) is 3. The van der Waals surface area contributed by atoms with Crippen LogP contribution in [-0.2, 0) is 19.1 Å². The number of carbonyl (C=O) groups excluding carboxylic acids is 3. The number of carbonyl (C=O) groups is 3. The number of amides is 3. The quantitative estimate of drug-likeness (QED) is 0.416. The summed E-state index contributed by atoms with van der Waals surface area (Å²) in [7, 11) is 0. The van der Waals surface area contributed by atoms with E-state index in [0.29, 0.717) is 43.7 Å². The van der Waals surface area contributed by atoms with Crippen LogP contribution in [0.5, 0.6) is 5.75 Å². The lowest BCUT2D eigenvalue weighted by Crippen LogP contribution is -2.60. The van der Waals surface area contributed by atoms with E-state index < -0.39 is 40.7 Å². The topological polar surface area (TPSA) is 117 Å². The molecule has 3 aliphatic rings. The largest absolute Gasteiger partial charge is 0.494 e. The first-order valence-electron chi connectivity index (χ1n) is 14.3. The summed E-state index contributed by atoms with van der Waals surface area (Å²) >= 11 is 0. The van der Waals surface area contributed by atoms with Crippen LogP contribution in [0.25, 0.3) is 0 Å². The van der Waals surface area contributed by atoms with Gasteiger partial charge in [-0.05, 0) is 83.6 Å². The number of hydrogen-bond acceptors (Lipinski definition) is 6. The highest BCUT2D eigenvalue weighted by molar-refractivity contribution is 6.02. The van der Waals surface area contributed by atoms with Crippen molar-refractivity contribution in [2.24, 2.45) is 17.8 Å². The van der Waals surface area contributed by atoms with E-state index in [1.54, 1.807) is 29.2 Å². The number of aliphatic hydroxyl groups excluding tert-OH is 1. The van der Waals surface area contributed by atoms with E-state index in [0.717, 1.165) is 0 Å². The first kappa shape index (κ1) is 29.3. The van der Waals surface area contributed by atoms with Crippen molar-refractivity contribution in [2.45, 2.75) is 103 Å². The Morgan fingerprint density at radius 1 is 1.15 bits per heavy atom. The zero-order chi connectivity index (χ0) is 28.8. The summed E-state index contributed by atoms with van der Waals surface area (Å²) in [4.78, 5) is 43.7. The molecule has 2 bridgehead atoms. The molecule has 3 heterocycles. The Balaban J connectivity index is 1.74. The number of ether oxygens (including phenoxy) is 2. The van der Waals surface area contributed by atoms with Crippen LogP contribution in [0.4, 0.5) is 5.69 Å². The van der Waals surface area contributed by atoms with E-state index >= 15 is 0 Å². The van der Waals surface area contributed by atoms with Gasteiger partial charge in [-0.1, -0.05) is 20.8 Å². The monoisotopic (exact) mass is 543 g/mol. The van der Waals surface area contributed by atoms with Gasteiger partial charge in [-0.25, -0.2) is 0 Å². The first-order valence-corrected chi connectivity index (χ1v) is 14.3. The second-order valence-electron chi connectivity index (χ2n) is 12.7. The van der Waals surface area contributed by atoms with Crippen molar-refractivity contribution in [3.05, 3.63) is 24.3 Å². The number of nitrogens with zero attached hydrogens (tertiary/aromatic N) is 1. The molecule has 1 aromatic rings. The van der Waals surface area contributed by atoms with Crippen LogP contribution >= 0.6 is 0 Å². The van der Waals surface area contributed by atoms with Crippen molar-refractivity contribution in [3.63, 3.8) is 0 Å². The molecular weight excluding hydrogens is 498 g/mol. The number of benzene rings is 1. The predicted octanol–water partition coefficient (Wildman–Crippen LogP) is 3.50. The predicted molar refractivity (Wildman–Crippen MR) is 148 cm³/mol. The molecule has 3 aliphatic heterocycles. The maximum atomic E-state index is 14.3. The van der Waals surface area contributed by atoms with Gasteiger partial charge in [0, 0.05) is 11.2 Å². The second-order valence-corrected chi connectivity index (χ2v) is 12.7. The minimum atomic E-state index is -1.13. The van der Waals surface area contributed by atoms with Gasteiger partial charge in [0.2, 0.25) is 17.7 Å². The molecule has 0 aliphatic carbocycles. The van der Waals surface area contributed by atoms with Crippen LogP contribution < -0.4 is 15.4 Å². The number of nitrogens with one attached hydrogen (secondary N) is 2. The molecule has 0 radical (unpaired) electrons. The van der Waals surface area contributed by atoms with E-state index in [1.165, 1.54) is 0 Å². The summed E-state index contributed by atoms with van der Waals surface area (Å²) in [5, 5.41) is 16.4. The minimum Gasteiger partial charge on any atom is -0.494 e. The molecule has 9 nitrogen and oxygen atoms in total. The average molecular weight is 544 g/mol. The summed E-state index contributed by atoms with van der Waals surface area (Å²) in [6, 6.07) is 5.65. The van der Waals surface area contributed by atoms with E-state index in [9.17, 15) is 19.5 Å². The lowest BCUT2D eigenvalue weighted by molar-refractivity contribution is -0.151. The van der Waals surface area contributed by atoms with Gasteiger partial charge in [0.1, 0.15) is 17.4 Å². The minimum absolute atomic E-state index is 0.192. The summed E-state index contributed by atoms with van der Waals surface area (Å²) in [5.41, 5.74) is -1.90. The maximum Gasteiger partial charge on any atom is 0.246 e. The highest BCUT2D eigenvalue weighted by atomic mass is 16.5. The van der Waals surface area contributed by atoms with Gasteiger partial charge in [0.25, 0.3) is 0 Å². The number of anilines is 1. The summed E-state index contributed by atoms with van der Waals surface area (Å²) in [6.45, 7) is 13.9. The molecule has 3 saturated heterocycles. The molecule has 0 saturated carbocycles. The normalized spacial score (nSPS) is 30.4. The number of rotatable bonds is 10. The van der Waals surface area contributed by atoms with Crippen LogP contribution in [0.1, 0.15) is 74.1 Å². The van der Waals surface area contributed by atoms with Gasteiger partial charge in [0.15, 0.2) is 0 Å². The number of fused-ring (bicyclic) bond motifs is 1. The van der Waals surface area contributed by atoms with Crippen LogP contribution in [0.2, 0.25) is 0 Å². The Bertz CT molecular complexity index is 1080. The van der Waals surface area contributed by atoms with Gasteiger partial charge in [-0.15, -0.1) is 0 Å². The Morgan fingerprint density at radius 2 is 1.82 bits per heavy atom. The second kappa shape index (κ2) is 10.7. The standard InChI is InChI=1S/C30H45N3O6/c1-8-29-14-15-30(39-29)23(22(29)25(35)31-19-10-12-21(13-11-19)38-9-2)27(37)33(20(17-34)16-18(3)4)24(30)26(36)32-28(5,6)7/h10-13,18,20,22-24,34H,8-9,14-17H2,1-7H3,(H,31,35)(H,32,36)/t20-,22+,23+,24?,29-,30?/m1/s1. The Labute approximate surface area is 232 Å². The fraction of sp³-hybridized carbons (Fsp3) is 0.700. The lowest BCUT2D eigenvalue weighted by atomic mass is 9.65. The van der Waals surface area contributed by atoms with Crippen LogP contribution in [0, 0.1) is 17.8 Å². The highest BCUT2D eigenvalue weighted by Gasteiger charge is 2.79. The Kier molecular flexibility index (Phi) is 8.07.